The van der Waals surface area contributed by atoms with Crippen LogP contribution in [0.15, 0.2) is 18.2 Å². The maximum absolute atomic E-state index is 13.9. The van der Waals surface area contributed by atoms with Crippen molar-refractivity contribution in [3.63, 3.8) is 0 Å². The van der Waals surface area contributed by atoms with Gasteiger partial charge in [-0.2, -0.15) is 0 Å². The number of benzene rings is 1. The van der Waals surface area contributed by atoms with Crippen LogP contribution in [0.3, 0.4) is 0 Å². The smallest absolute Gasteiger partial charge is 0.227 e. The van der Waals surface area contributed by atoms with Crippen LogP contribution in [0, 0.1) is 17.6 Å². The van der Waals surface area contributed by atoms with E-state index >= 15 is 0 Å². The molecule has 5 nitrogen and oxygen atoms in total. The zero-order valence-corrected chi connectivity index (χ0v) is 13.3. The van der Waals surface area contributed by atoms with Crippen LogP contribution in [0.1, 0.15) is 32.1 Å². The second kappa shape index (κ2) is 6.84. The van der Waals surface area contributed by atoms with Crippen molar-refractivity contribution in [1.29, 1.82) is 0 Å². The summed E-state index contributed by atoms with van der Waals surface area (Å²) < 4.78 is 26.9. The molecule has 1 saturated heterocycles. The molecule has 0 spiro atoms. The van der Waals surface area contributed by atoms with Gasteiger partial charge in [0.2, 0.25) is 11.8 Å². The highest BCUT2D eigenvalue weighted by molar-refractivity contribution is 6.00. The summed E-state index contributed by atoms with van der Waals surface area (Å²) in [5.74, 6) is -2.53. The SMILES string of the molecule is NC1CCC(NC(=O)C2CC(=O)N(c3ccc(F)cc3F)C2)CC1. The predicted octanol–water partition coefficient (Wildman–Crippen LogP) is 1.70. The quantitative estimate of drug-likeness (QED) is 0.882. The molecule has 0 aromatic heterocycles. The van der Waals surface area contributed by atoms with Crippen LogP contribution in [0.2, 0.25) is 0 Å². The van der Waals surface area contributed by atoms with Crippen LogP contribution in [-0.4, -0.2) is 30.4 Å². The van der Waals surface area contributed by atoms with Crippen molar-refractivity contribution in [3.05, 3.63) is 29.8 Å². The number of hydrogen-bond acceptors (Lipinski definition) is 3. The van der Waals surface area contributed by atoms with E-state index in [1.807, 2.05) is 0 Å². The van der Waals surface area contributed by atoms with Gasteiger partial charge in [0.25, 0.3) is 0 Å². The first-order valence-electron chi connectivity index (χ1n) is 8.25. The van der Waals surface area contributed by atoms with E-state index in [0.29, 0.717) is 0 Å². The van der Waals surface area contributed by atoms with Gasteiger partial charge in [-0.05, 0) is 37.8 Å². The summed E-state index contributed by atoms with van der Waals surface area (Å²) in [6.07, 6.45) is 3.46. The number of nitrogens with one attached hydrogen (secondary N) is 1. The number of amides is 2. The maximum atomic E-state index is 13.9. The Morgan fingerprint density at radius 2 is 1.92 bits per heavy atom. The number of carbonyl (C=O) groups excluding carboxylic acids is 2. The molecule has 3 N–H and O–H groups in total. The second-order valence-corrected chi connectivity index (χ2v) is 6.62. The molecule has 1 aromatic carbocycles. The molecule has 1 aromatic rings. The number of rotatable bonds is 3. The predicted molar refractivity (Wildman–Crippen MR) is 85.2 cm³/mol. The lowest BCUT2D eigenvalue weighted by Crippen LogP contribution is -2.43. The average molecular weight is 337 g/mol. The van der Waals surface area contributed by atoms with E-state index in [1.165, 1.54) is 11.0 Å². The first-order valence-corrected chi connectivity index (χ1v) is 8.25. The second-order valence-electron chi connectivity index (χ2n) is 6.62. The Bertz CT molecular complexity index is 645. The molecule has 0 radical (unpaired) electrons. The lowest BCUT2D eigenvalue weighted by atomic mass is 9.91. The number of hydrogen-bond donors (Lipinski definition) is 2. The van der Waals surface area contributed by atoms with Crippen LogP contribution in [0.25, 0.3) is 0 Å². The van der Waals surface area contributed by atoms with Crippen molar-refractivity contribution in [2.24, 2.45) is 11.7 Å². The van der Waals surface area contributed by atoms with Gasteiger partial charge in [0.1, 0.15) is 11.6 Å². The van der Waals surface area contributed by atoms with Crippen LogP contribution in [0.5, 0.6) is 0 Å². The summed E-state index contributed by atoms with van der Waals surface area (Å²) >= 11 is 0. The van der Waals surface area contributed by atoms with Crippen molar-refractivity contribution < 1.29 is 18.4 Å². The first-order chi connectivity index (χ1) is 11.4. The van der Waals surface area contributed by atoms with E-state index in [1.54, 1.807) is 0 Å². The molecule has 24 heavy (non-hydrogen) atoms. The Balaban J connectivity index is 1.62. The van der Waals surface area contributed by atoms with Gasteiger partial charge in [-0.15, -0.1) is 0 Å². The third-order valence-electron chi connectivity index (χ3n) is 4.81. The highest BCUT2D eigenvalue weighted by Gasteiger charge is 2.37. The van der Waals surface area contributed by atoms with Crippen LogP contribution >= 0.6 is 0 Å². The highest BCUT2D eigenvalue weighted by Crippen LogP contribution is 2.28. The van der Waals surface area contributed by atoms with Gasteiger partial charge in [-0.25, -0.2) is 8.78 Å². The molecule has 1 saturated carbocycles. The lowest BCUT2D eigenvalue weighted by Gasteiger charge is -2.27. The summed E-state index contributed by atoms with van der Waals surface area (Å²) in [7, 11) is 0. The van der Waals surface area contributed by atoms with Crippen LogP contribution in [0.4, 0.5) is 14.5 Å². The summed E-state index contributed by atoms with van der Waals surface area (Å²) in [5, 5.41) is 2.97. The normalized spacial score (nSPS) is 27.4. The standard InChI is InChI=1S/C17H21F2N3O2/c18-11-1-6-15(14(19)8-11)22-9-10(7-16(22)23)17(24)21-13-4-2-12(20)3-5-13/h1,6,8,10,12-13H,2-5,7,9,20H2,(H,21,24). The fraction of sp³-hybridized carbons (Fsp3) is 0.529. The van der Waals surface area contributed by atoms with Gasteiger partial charge in [0.05, 0.1) is 11.6 Å². The van der Waals surface area contributed by atoms with Crippen molar-refractivity contribution >= 4 is 17.5 Å². The van der Waals surface area contributed by atoms with E-state index in [2.05, 4.69) is 5.32 Å². The van der Waals surface area contributed by atoms with Gasteiger partial charge >= 0.3 is 0 Å². The summed E-state index contributed by atoms with van der Waals surface area (Å²) in [6, 6.07) is 3.35. The molecule has 2 aliphatic rings. The minimum atomic E-state index is -0.800. The minimum absolute atomic E-state index is 0.0142. The van der Waals surface area contributed by atoms with E-state index in [9.17, 15) is 18.4 Å². The zero-order chi connectivity index (χ0) is 17.3. The Hall–Kier alpha value is -2.02. The number of nitrogens with zero attached hydrogens (tertiary/aromatic N) is 1. The fourth-order valence-corrected chi connectivity index (χ4v) is 3.40. The summed E-state index contributed by atoms with van der Waals surface area (Å²) in [4.78, 5) is 25.7. The number of halogens is 2. The van der Waals surface area contributed by atoms with Gasteiger partial charge in [0.15, 0.2) is 0 Å². The summed E-state index contributed by atoms with van der Waals surface area (Å²) in [5.41, 5.74) is 5.86. The average Bonchev–Trinajstić information content (AvgIpc) is 2.91. The topological polar surface area (TPSA) is 75.4 Å². The molecule has 2 fully saturated rings. The van der Waals surface area contributed by atoms with Gasteiger partial charge in [-0.3, -0.25) is 9.59 Å². The van der Waals surface area contributed by atoms with Crippen molar-refractivity contribution in [2.75, 3.05) is 11.4 Å². The van der Waals surface area contributed by atoms with Gasteiger partial charge < -0.3 is 16.0 Å². The third-order valence-corrected chi connectivity index (χ3v) is 4.81. The first kappa shape index (κ1) is 16.8. The Morgan fingerprint density at radius 3 is 2.58 bits per heavy atom. The summed E-state index contributed by atoms with van der Waals surface area (Å²) in [6.45, 7) is 0.111. The molecule has 2 amide bonds. The molecule has 3 rings (SSSR count). The van der Waals surface area contributed by atoms with Crippen LogP contribution in [-0.2, 0) is 9.59 Å². The number of carbonyl (C=O) groups is 2. The Labute approximate surface area is 139 Å². The van der Waals surface area contributed by atoms with Crippen molar-refractivity contribution in [2.45, 2.75) is 44.2 Å². The molecule has 1 unspecified atom stereocenters. The fourth-order valence-electron chi connectivity index (χ4n) is 3.40. The zero-order valence-electron chi connectivity index (χ0n) is 13.3. The van der Waals surface area contributed by atoms with Gasteiger partial charge in [-0.1, -0.05) is 0 Å². The van der Waals surface area contributed by atoms with E-state index in [0.717, 1.165) is 37.8 Å². The monoisotopic (exact) mass is 337 g/mol. The van der Waals surface area contributed by atoms with Crippen molar-refractivity contribution in [3.8, 4) is 0 Å². The van der Waals surface area contributed by atoms with Gasteiger partial charge in [0, 0.05) is 31.1 Å². The molecule has 7 heteroatoms. The molecular weight excluding hydrogens is 316 g/mol. The number of anilines is 1. The van der Waals surface area contributed by atoms with E-state index < -0.39 is 17.6 Å². The molecular formula is C17H21F2N3O2. The largest absolute Gasteiger partial charge is 0.353 e. The Morgan fingerprint density at radius 1 is 1.21 bits per heavy atom. The van der Waals surface area contributed by atoms with E-state index in [-0.39, 0.29) is 42.6 Å². The lowest BCUT2D eigenvalue weighted by molar-refractivity contribution is -0.127. The third kappa shape index (κ3) is 3.56. The molecule has 130 valence electrons. The molecule has 0 bridgehead atoms. The molecule has 1 atom stereocenters. The maximum Gasteiger partial charge on any atom is 0.227 e. The van der Waals surface area contributed by atoms with Crippen LogP contribution < -0.4 is 16.0 Å². The highest BCUT2D eigenvalue weighted by atomic mass is 19.1. The molecule has 1 aliphatic heterocycles. The molecule has 1 heterocycles. The Kier molecular flexibility index (Phi) is 4.80. The molecule has 1 aliphatic carbocycles. The number of nitrogens with two attached hydrogens (primary N) is 1. The minimum Gasteiger partial charge on any atom is -0.353 e. The van der Waals surface area contributed by atoms with E-state index in [4.69, 9.17) is 5.73 Å². The van der Waals surface area contributed by atoms with Crippen molar-refractivity contribution in [1.82, 2.24) is 5.32 Å².